The lowest BCUT2D eigenvalue weighted by Gasteiger charge is -2.16. The minimum Gasteiger partial charge on any atom is -0.496 e. The van der Waals surface area contributed by atoms with Crippen molar-refractivity contribution in [3.05, 3.63) is 59.2 Å². The molecule has 25 heavy (non-hydrogen) atoms. The van der Waals surface area contributed by atoms with E-state index in [-0.39, 0.29) is 0 Å². The van der Waals surface area contributed by atoms with Crippen LogP contribution in [-0.2, 0) is 13.1 Å². The number of nitrogens with one attached hydrogen (secondary N) is 2. The first-order valence-corrected chi connectivity index (χ1v) is 8.37. The second-order valence-electron chi connectivity index (χ2n) is 6.16. The van der Waals surface area contributed by atoms with E-state index in [4.69, 9.17) is 4.74 Å². The van der Waals surface area contributed by atoms with Gasteiger partial charge in [-0.15, -0.1) is 0 Å². The van der Waals surface area contributed by atoms with Crippen LogP contribution < -0.4 is 20.3 Å². The second-order valence-corrected chi connectivity index (χ2v) is 6.16. The third kappa shape index (κ3) is 5.41. The first-order chi connectivity index (χ1) is 12.0. The molecular formula is C20H28N4O. The quantitative estimate of drug-likeness (QED) is 0.627. The van der Waals surface area contributed by atoms with Crippen LogP contribution in [0.4, 0.5) is 5.69 Å². The Morgan fingerprint density at radius 1 is 1.08 bits per heavy atom. The largest absolute Gasteiger partial charge is 0.496 e. The Morgan fingerprint density at radius 2 is 1.84 bits per heavy atom. The van der Waals surface area contributed by atoms with Crippen LogP contribution >= 0.6 is 0 Å². The number of hydrogen-bond acceptors (Lipinski definition) is 3. The molecule has 0 aliphatic heterocycles. The van der Waals surface area contributed by atoms with E-state index in [0.29, 0.717) is 13.1 Å². The predicted molar refractivity (Wildman–Crippen MR) is 106 cm³/mol. The lowest BCUT2D eigenvalue weighted by molar-refractivity contribution is 0.408. The van der Waals surface area contributed by atoms with Crippen molar-refractivity contribution >= 4 is 11.6 Å². The minimum atomic E-state index is 0.654. The van der Waals surface area contributed by atoms with E-state index < -0.39 is 0 Å². The van der Waals surface area contributed by atoms with Crippen LogP contribution in [0.1, 0.15) is 16.7 Å². The van der Waals surface area contributed by atoms with Crippen molar-refractivity contribution in [3.8, 4) is 5.75 Å². The highest BCUT2D eigenvalue weighted by molar-refractivity contribution is 5.79. The molecule has 0 heterocycles. The lowest BCUT2D eigenvalue weighted by Crippen LogP contribution is -2.36. The average Bonchev–Trinajstić information content (AvgIpc) is 2.62. The minimum absolute atomic E-state index is 0.654. The molecule has 0 aliphatic rings. The molecule has 0 atom stereocenters. The highest BCUT2D eigenvalue weighted by Gasteiger charge is 2.05. The Kier molecular flexibility index (Phi) is 6.69. The Morgan fingerprint density at radius 3 is 2.52 bits per heavy atom. The number of hydrogen-bond donors (Lipinski definition) is 2. The zero-order chi connectivity index (χ0) is 18.2. The number of aliphatic imine (C=N–C) groups is 1. The molecule has 0 aromatic heterocycles. The number of aryl methyl sites for hydroxylation is 1. The van der Waals surface area contributed by atoms with Crippen molar-refractivity contribution in [2.45, 2.75) is 20.0 Å². The zero-order valence-corrected chi connectivity index (χ0v) is 15.8. The van der Waals surface area contributed by atoms with Gasteiger partial charge in [0.1, 0.15) is 5.75 Å². The van der Waals surface area contributed by atoms with Gasteiger partial charge in [0.2, 0.25) is 0 Å². The van der Waals surface area contributed by atoms with Crippen LogP contribution in [0.5, 0.6) is 5.75 Å². The average molecular weight is 340 g/mol. The molecule has 2 rings (SSSR count). The molecule has 2 aromatic rings. The summed E-state index contributed by atoms with van der Waals surface area (Å²) in [6.45, 7) is 3.43. The smallest absolute Gasteiger partial charge is 0.191 e. The van der Waals surface area contributed by atoms with Crippen molar-refractivity contribution in [2.24, 2.45) is 4.99 Å². The summed E-state index contributed by atoms with van der Waals surface area (Å²) < 4.78 is 5.45. The summed E-state index contributed by atoms with van der Waals surface area (Å²) in [5.74, 6) is 1.65. The highest BCUT2D eigenvalue weighted by Crippen LogP contribution is 2.19. The Hall–Kier alpha value is -2.69. The maximum atomic E-state index is 5.45. The van der Waals surface area contributed by atoms with Crippen molar-refractivity contribution in [1.29, 1.82) is 0 Å². The van der Waals surface area contributed by atoms with Gasteiger partial charge in [-0.1, -0.05) is 24.3 Å². The van der Waals surface area contributed by atoms with Gasteiger partial charge in [0.05, 0.1) is 7.11 Å². The van der Waals surface area contributed by atoms with Gasteiger partial charge in [-0.3, -0.25) is 4.99 Å². The summed E-state index contributed by atoms with van der Waals surface area (Å²) in [4.78, 5) is 6.39. The molecule has 5 nitrogen and oxygen atoms in total. The number of benzene rings is 2. The van der Waals surface area contributed by atoms with Crippen LogP contribution in [0, 0.1) is 6.92 Å². The van der Waals surface area contributed by atoms with E-state index in [1.165, 1.54) is 16.8 Å². The van der Waals surface area contributed by atoms with E-state index >= 15 is 0 Å². The third-order valence-corrected chi connectivity index (χ3v) is 4.00. The molecule has 5 heteroatoms. The summed E-state index contributed by atoms with van der Waals surface area (Å²) in [5.41, 5.74) is 4.68. The number of ether oxygens (including phenoxy) is 1. The lowest BCUT2D eigenvalue weighted by atomic mass is 10.1. The van der Waals surface area contributed by atoms with Crippen LogP contribution in [0.25, 0.3) is 0 Å². The van der Waals surface area contributed by atoms with Gasteiger partial charge in [0.25, 0.3) is 0 Å². The first-order valence-electron chi connectivity index (χ1n) is 8.37. The van der Waals surface area contributed by atoms with Gasteiger partial charge < -0.3 is 20.3 Å². The van der Waals surface area contributed by atoms with Crippen LogP contribution in [-0.4, -0.2) is 34.2 Å². The van der Waals surface area contributed by atoms with Crippen molar-refractivity contribution in [2.75, 3.05) is 33.2 Å². The zero-order valence-electron chi connectivity index (χ0n) is 15.8. The standard InChI is InChI=1S/C20H28N4O/c1-15-9-10-17(19(11-15)25-5)14-23-20(21-2)22-13-16-7-6-8-18(12-16)24(3)4/h6-12H,13-14H2,1-5H3,(H2,21,22,23). The van der Waals surface area contributed by atoms with Gasteiger partial charge in [0, 0.05) is 45.5 Å². The molecule has 2 N–H and O–H groups in total. The van der Waals surface area contributed by atoms with Gasteiger partial charge in [0.15, 0.2) is 5.96 Å². The number of methoxy groups -OCH3 is 1. The second kappa shape index (κ2) is 8.97. The first kappa shape index (κ1) is 18.6. The molecule has 0 fully saturated rings. The molecule has 0 unspecified atom stereocenters. The Bertz CT molecular complexity index is 725. The number of rotatable bonds is 6. The summed E-state index contributed by atoms with van der Waals surface area (Å²) in [5, 5.41) is 6.69. The molecule has 0 aliphatic carbocycles. The Labute approximate surface area is 150 Å². The fourth-order valence-corrected chi connectivity index (χ4v) is 2.53. The third-order valence-electron chi connectivity index (χ3n) is 4.00. The van der Waals surface area contributed by atoms with Crippen molar-refractivity contribution < 1.29 is 4.74 Å². The maximum absolute atomic E-state index is 5.45. The van der Waals surface area contributed by atoms with Crippen molar-refractivity contribution in [3.63, 3.8) is 0 Å². The van der Waals surface area contributed by atoms with Crippen LogP contribution in [0.2, 0.25) is 0 Å². The molecule has 0 spiro atoms. The van der Waals surface area contributed by atoms with Crippen LogP contribution in [0.15, 0.2) is 47.5 Å². The fraction of sp³-hybridized carbons (Fsp3) is 0.350. The molecule has 134 valence electrons. The molecule has 0 bridgehead atoms. The number of anilines is 1. The maximum Gasteiger partial charge on any atom is 0.191 e. The fourth-order valence-electron chi connectivity index (χ4n) is 2.53. The van der Waals surface area contributed by atoms with E-state index in [1.54, 1.807) is 14.2 Å². The molecular weight excluding hydrogens is 312 g/mol. The van der Waals surface area contributed by atoms with E-state index in [1.807, 2.05) is 20.2 Å². The van der Waals surface area contributed by atoms with Crippen molar-refractivity contribution in [1.82, 2.24) is 10.6 Å². The topological polar surface area (TPSA) is 48.9 Å². The monoisotopic (exact) mass is 340 g/mol. The predicted octanol–water partition coefficient (Wildman–Crippen LogP) is 2.93. The summed E-state index contributed by atoms with van der Waals surface area (Å²) >= 11 is 0. The molecule has 0 amide bonds. The number of nitrogens with zero attached hydrogens (tertiary/aromatic N) is 2. The van der Waals surface area contributed by atoms with E-state index in [0.717, 1.165) is 17.3 Å². The number of guanidine groups is 1. The summed E-state index contributed by atoms with van der Waals surface area (Å²) in [6, 6.07) is 14.6. The summed E-state index contributed by atoms with van der Waals surface area (Å²) in [7, 11) is 7.56. The van der Waals surface area contributed by atoms with Gasteiger partial charge in [-0.05, 0) is 36.2 Å². The molecule has 0 radical (unpaired) electrons. The Balaban J connectivity index is 1.94. The molecule has 0 saturated carbocycles. The van der Waals surface area contributed by atoms with Gasteiger partial charge >= 0.3 is 0 Å². The summed E-state index contributed by atoms with van der Waals surface area (Å²) in [6.07, 6.45) is 0. The molecule has 0 saturated heterocycles. The molecule has 2 aromatic carbocycles. The highest BCUT2D eigenvalue weighted by atomic mass is 16.5. The van der Waals surface area contributed by atoms with Gasteiger partial charge in [-0.2, -0.15) is 0 Å². The normalized spacial score (nSPS) is 11.2. The van der Waals surface area contributed by atoms with E-state index in [2.05, 4.69) is 63.8 Å². The van der Waals surface area contributed by atoms with Gasteiger partial charge in [-0.25, -0.2) is 0 Å². The van der Waals surface area contributed by atoms with Crippen LogP contribution in [0.3, 0.4) is 0 Å². The van der Waals surface area contributed by atoms with E-state index in [9.17, 15) is 0 Å². The SMILES string of the molecule is CN=C(NCc1cccc(N(C)C)c1)NCc1ccc(C)cc1OC.